The van der Waals surface area contributed by atoms with E-state index in [1.54, 1.807) is 44.5 Å². The molecule has 2 bridgehead atoms. The Labute approximate surface area is 147 Å². The van der Waals surface area contributed by atoms with Crippen molar-refractivity contribution in [2.75, 3.05) is 0 Å². The van der Waals surface area contributed by atoms with Crippen LogP contribution in [0.1, 0.15) is 91.4 Å². The first kappa shape index (κ1) is 15.9. The van der Waals surface area contributed by atoms with Crippen LogP contribution in [0.2, 0.25) is 0 Å². The van der Waals surface area contributed by atoms with Gasteiger partial charge in [0.05, 0.1) is 0 Å². The summed E-state index contributed by atoms with van der Waals surface area (Å²) in [5, 5.41) is 0. The molecule has 24 heavy (non-hydrogen) atoms. The number of rotatable bonds is 0. The molecule has 2 aromatic rings. The lowest BCUT2D eigenvalue weighted by Crippen LogP contribution is -2.30. The highest BCUT2D eigenvalue weighted by Gasteiger charge is 2.42. The van der Waals surface area contributed by atoms with Gasteiger partial charge in [-0.3, -0.25) is 0 Å². The van der Waals surface area contributed by atoms with Gasteiger partial charge in [0.2, 0.25) is 0 Å². The topological polar surface area (TPSA) is 0 Å². The molecule has 5 rings (SSSR count). The molecule has 3 aliphatic carbocycles. The number of hydrogen-bond donors (Lipinski definition) is 0. The molecule has 0 heterocycles. The fourth-order valence-corrected chi connectivity index (χ4v) is 5.74. The lowest BCUT2D eigenvalue weighted by molar-refractivity contribution is 0.508. The van der Waals surface area contributed by atoms with Crippen molar-refractivity contribution in [2.24, 2.45) is 0 Å². The van der Waals surface area contributed by atoms with Gasteiger partial charge in [0.25, 0.3) is 0 Å². The van der Waals surface area contributed by atoms with E-state index in [0.717, 1.165) is 0 Å². The molecular formula is C24H30. The maximum Gasteiger partial charge on any atom is 0.0101 e. The first-order valence-corrected chi connectivity index (χ1v) is 9.47. The summed E-state index contributed by atoms with van der Waals surface area (Å²) < 4.78 is 0. The summed E-state index contributed by atoms with van der Waals surface area (Å²) in [6, 6.07) is 0. The van der Waals surface area contributed by atoms with Crippen LogP contribution in [-0.4, -0.2) is 0 Å². The summed E-state index contributed by atoms with van der Waals surface area (Å²) in [5.74, 6) is 1.24. The SMILES string of the molecule is Cc1c(C)c(C)c2c(c1C)C1CCC2c2c(C)c(C)c(C)c(C)c21. The van der Waals surface area contributed by atoms with Gasteiger partial charge in [-0.05, 0) is 135 Å². The van der Waals surface area contributed by atoms with E-state index in [4.69, 9.17) is 0 Å². The van der Waals surface area contributed by atoms with Crippen LogP contribution in [0.15, 0.2) is 0 Å². The molecule has 0 atom stereocenters. The highest BCUT2D eigenvalue weighted by Crippen LogP contribution is 2.57. The predicted octanol–water partition coefficient (Wildman–Crippen LogP) is 6.52. The molecule has 0 nitrogen and oxygen atoms in total. The van der Waals surface area contributed by atoms with E-state index in [0.29, 0.717) is 11.8 Å². The third kappa shape index (κ3) is 1.70. The highest BCUT2D eigenvalue weighted by molar-refractivity contribution is 5.67. The molecule has 0 saturated carbocycles. The van der Waals surface area contributed by atoms with Crippen molar-refractivity contribution in [1.29, 1.82) is 0 Å². The normalized spacial score (nSPS) is 21.0. The highest BCUT2D eigenvalue weighted by atomic mass is 14.5. The molecule has 0 heteroatoms. The van der Waals surface area contributed by atoms with E-state index in [2.05, 4.69) is 55.4 Å². The van der Waals surface area contributed by atoms with Gasteiger partial charge in [0.15, 0.2) is 0 Å². The van der Waals surface area contributed by atoms with Gasteiger partial charge in [-0.2, -0.15) is 0 Å². The molecule has 3 aliphatic rings. The zero-order valence-electron chi connectivity index (χ0n) is 16.6. The quantitative estimate of drug-likeness (QED) is 0.518. The van der Waals surface area contributed by atoms with Crippen LogP contribution >= 0.6 is 0 Å². The Balaban J connectivity index is 2.15. The third-order valence-electron chi connectivity index (χ3n) is 7.71. The van der Waals surface area contributed by atoms with Crippen LogP contribution in [0.3, 0.4) is 0 Å². The van der Waals surface area contributed by atoms with E-state index >= 15 is 0 Å². The first-order valence-electron chi connectivity index (χ1n) is 9.47. The minimum atomic E-state index is 0.621. The van der Waals surface area contributed by atoms with Crippen LogP contribution in [0.5, 0.6) is 0 Å². The zero-order chi connectivity index (χ0) is 17.5. The molecule has 0 amide bonds. The van der Waals surface area contributed by atoms with Crippen LogP contribution in [0.25, 0.3) is 0 Å². The minimum Gasteiger partial charge on any atom is -0.0447 e. The summed E-state index contributed by atoms with van der Waals surface area (Å²) in [6.07, 6.45) is 2.66. The average molecular weight is 319 g/mol. The number of benzene rings is 2. The second-order valence-electron chi connectivity index (χ2n) is 8.34. The lowest BCUT2D eigenvalue weighted by Gasteiger charge is -2.45. The van der Waals surface area contributed by atoms with Crippen molar-refractivity contribution in [2.45, 2.75) is 80.1 Å². The average Bonchev–Trinajstić information content (AvgIpc) is 2.59. The molecule has 0 spiro atoms. The molecule has 0 aliphatic heterocycles. The summed E-state index contributed by atoms with van der Waals surface area (Å²) in [4.78, 5) is 0. The fourth-order valence-electron chi connectivity index (χ4n) is 5.74. The molecule has 126 valence electrons. The van der Waals surface area contributed by atoms with Crippen molar-refractivity contribution in [3.8, 4) is 0 Å². The summed E-state index contributed by atoms with van der Waals surface area (Å²) in [5.41, 5.74) is 19.0. The van der Waals surface area contributed by atoms with Crippen molar-refractivity contribution >= 4 is 0 Å². The van der Waals surface area contributed by atoms with E-state index < -0.39 is 0 Å². The Morgan fingerprint density at radius 2 is 0.583 bits per heavy atom. The molecule has 2 aromatic carbocycles. The van der Waals surface area contributed by atoms with Crippen molar-refractivity contribution in [3.05, 3.63) is 66.8 Å². The van der Waals surface area contributed by atoms with Crippen LogP contribution in [-0.2, 0) is 0 Å². The molecule has 0 saturated heterocycles. The first-order chi connectivity index (χ1) is 11.3. The Bertz CT molecular complexity index is 750. The second kappa shape index (κ2) is 4.97. The van der Waals surface area contributed by atoms with E-state index in [1.807, 2.05) is 0 Å². The van der Waals surface area contributed by atoms with E-state index in [-0.39, 0.29) is 0 Å². The predicted molar refractivity (Wildman–Crippen MR) is 104 cm³/mol. The standard InChI is InChI=1S/C24H30/c1-11-12(2)16(6)22-20-10-9-19(21(22)15(11)5)23-17(7)13(3)14(4)18(8)24(20)23/h19-20H,9-10H2,1-8H3. The van der Waals surface area contributed by atoms with E-state index in [9.17, 15) is 0 Å². The summed E-state index contributed by atoms with van der Waals surface area (Å²) >= 11 is 0. The van der Waals surface area contributed by atoms with Gasteiger partial charge in [-0.15, -0.1) is 0 Å². The van der Waals surface area contributed by atoms with Gasteiger partial charge in [-0.1, -0.05) is 0 Å². The smallest absolute Gasteiger partial charge is 0.0101 e. The number of fused-ring (bicyclic) bond motifs is 1. The molecule has 0 fully saturated rings. The molecule has 0 aromatic heterocycles. The van der Waals surface area contributed by atoms with Crippen molar-refractivity contribution < 1.29 is 0 Å². The van der Waals surface area contributed by atoms with Crippen LogP contribution < -0.4 is 0 Å². The number of hydrogen-bond acceptors (Lipinski definition) is 0. The fraction of sp³-hybridized carbons (Fsp3) is 0.500. The molecule has 0 radical (unpaired) electrons. The largest absolute Gasteiger partial charge is 0.0447 e. The Morgan fingerprint density at radius 1 is 0.375 bits per heavy atom. The minimum absolute atomic E-state index is 0.621. The summed E-state index contributed by atoms with van der Waals surface area (Å²) in [6.45, 7) is 18.7. The maximum atomic E-state index is 2.37. The maximum absolute atomic E-state index is 2.37. The molecule has 0 N–H and O–H groups in total. The Kier molecular flexibility index (Phi) is 3.30. The summed E-state index contributed by atoms with van der Waals surface area (Å²) in [7, 11) is 0. The van der Waals surface area contributed by atoms with Crippen LogP contribution in [0.4, 0.5) is 0 Å². The van der Waals surface area contributed by atoms with Gasteiger partial charge in [0.1, 0.15) is 0 Å². The van der Waals surface area contributed by atoms with Gasteiger partial charge in [0, 0.05) is 11.8 Å². The monoisotopic (exact) mass is 318 g/mol. The van der Waals surface area contributed by atoms with Crippen molar-refractivity contribution in [1.82, 2.24) is 0 Å². The van der Waals surface area contributed by atoms with Gasteiger partial charge in [-0.25, -0.2) is 0 Å². The van der Waals surface area contributed by atoms with Gasteiger partial charge < -0.3 is 0 Å². The Hall–Kier alpha value is -1.56. The zero-order valence-corrected chi connectivity index (χ0v) is 16.6. The van der Waals surface area contributed by atoms with Crippen molar-refractivity contribution in [3.63, 3.8) is 0 Å². The lowest BCUT2D eigenvalue weighted by atomic mass is 9.58. The second-order valence-corrected chi connectivity index (χ2v) is 8.34. The van der Waals surface area contributed by atoms with E-state index in [1.165, 1.54) is 35.1 Å². The molecule has 0 unspecified atom stereocenters. The Morgan fingerprint density at radius 3 is 0.792 bits per heavy atom. The van der Waals surface area contributed by atoms with Gasteiger partial charge >= 0.3 is 0 Å². The molecular weight excluding hydrogens is 288 g/mol. The third-order valence-corrected chi connectivity index (χ3v) is 7.71. The van der Waals surface area contributed by atoms with Crippen LogP contribution in [0, 0.1) is 55.4 Å².